The SMILES string of the molecule is Cc1ccc(-c2cc(CCC(=O)c3ccccc3)[nH]n2)cc1C. The minimum atomic E-state index is 0.160. The van der Waals surface area contributed by atoms with E-state index in [1.54, 1.807) is 0 Å². The number of H-pyrrole nitrogens is 1. The normalized spacial score (nSPS) is 10.7. The average molecular weight is 304 g/mol. The number of Topliss-reactive ketones (excluding diaryl/α,β-unsaturated/α-hetero) is 1. The maximum atomic E-state index is 12.1. The van der Waals surface area contributed by atoms with Gasteiger partial charge in [-0.2, -0.15) is 5.10 Å². The zero-order valence-corrected chi connectivity index (χ0v) is 13.5. The van der Waals surface area contributed by atoms with Crippen LogP contribution in [0.15, 0.2) is 54.6 Å². The predicted molar refractivity (Wildman–Crippen MR) is 92.6 cm³/mol. The van der Waals surface area contributed by atoms with Crippen molar-refractivity contribution < 1.29 is 4.79 Å². The minimum absolute atomic E-state index is 0.160. The molecule has 0 radical (unpaired) electrons. The van der Waals surface area contributed by atoms with Crippen LogP contribution in [0.2, 0.25) is 0 Å². The first-order valence-electron chi connectivity index (χ1n) is 7.83. The summed E-state index contributed by atoms with van der Waals surface area (Å²) in [5.41, 5.74) is 6.31. The van der Waals surface area contributed by atoms with Crippen molar-refractivity contribution >= 4 is 5.78 Å². The molecule has 0 amide bonds. The molecule has 1 aromatic heterocycles. The highest BCUT2D eigenvalue weighted by atomic mass is 16.1. The van der Waals surface area contributed by atoms with Crippen molar-refractivity contribution in [1.82, 2.24) is 10.2 Å². The molecule has 23 heavy (non-hydrogen) atoms. The Balaban J connectivity index is 1.68. The van der Waals surface area contributed by atoms with Gasteiger partial charge in [-0.3, -0.25) is 9.89 Å². The first-order valence-corrected chi connectivity index (χ1v) is 7.83. The molecule has 3 heteroatoms. The molecule has 0 unspecified atom stereocenters. The number of nitrogens with zero attached hydrogens (tertiary/aromatic N) is 1. The van der Waals surface area contributed by atoms with Crippen LogP contribution < -0.4 is 0 Å². The quantitative estimate of drug-likeness (QED) is 0.705. The summed E-state index contributed by atoms with van der Waals surface area (Å²) < 4.78 is 0. The fourth-order valence-electron chi connectivity index (χ4n) is 2.55. The van der Waals surface area contributed by atoms with E-state index in [-0.39, 0.29) is 5.78 Å². The predicted octanol–water partition coefficient (Wildman–Crippen LogP) is 4.51. The molecule has 2 aromatic carbocycles. The summed E-state index contributed by atoms with van der Waals surface area (Å²) >= 11 is 0. The van der Waals surface area contributed by atoms with E-state index in [0.717, 1.165) is 22.5 Å². The third kappa shape index (κ3) is 3.57. The van der Waals surface area contributed by atoms with Gasteiger partial charge in [0.05, 0.1) is 5.69 Å². The molecule has 0 aliphatic carbocycles. The molecule has 0 saturated carbocycles. The number of carbonyl (C=O) groups is 1. The Labute approximate surface area is 136 Å². The first-order chi connectivity index (χ1) is 11.1. The molecule has 0 atom stereocenters. The molecule has 0 aliphatic rings. The Hall–Kier alpha value is -2.68. The second-order valence-electron chi connectivity index (χ2n) is 5.87. The van der Waals surface area contributed by atoms with Crippen LogP contribution in [0.5, 0.6) is 0 Å². The molecular formula is C20H20N2O. The summed E-state index contributed by atoms with van der Waals surface area (Å²) in [7, 11) is 0. The maximum absolute atomic E-state index is 12.1. The van der Waals surface area contributed by atoms with Crippen molar-refractivity contribution in [2.45, 2.75) is 26.7 Å². The number of aromatic nitrogens is 2. The lowest BCUT2D eigenvalue weighted by atomic mass is 10.0. The molecule has 0 saturated heterocycles. The summed E-state index contributed by atoms with van der Waals surface area (Å²) in [6, 6.07) is 17.8. The lowest BCUT2D eigenvalue weighted by Crippen LogP contribution is -2.00. The van der Waals surface area contributed by atoms with Crippen LogP contribution >= 0.6 is 0 Å². The largest absolute Gasteiger partial charge is 0.294 e. The molecule has 3 nitrogen and oxygen atoms in total. The second kappa shape index (κ2) is 6.61. The van der Waals surface area contributed by atoms with E-state index < -0.39 is 0 Å². The molecule has 0 spiro atoms. The molecular weight excluding hydrogens is 284 g/mol. The Kier molecular flexibility index (Phi) is 4.38. The van der Waals surface area contributed by atoms with Gasteiger partial charge in [0.1, 0.15) is 0 Å². The van der Waals surface area contributed by atoms with Gasteiger partial charge in [-0.1, -0.05) is 42.5 Å². The highest BCUT2D eigenvalue weighted by Crippen LogP contribution is 2.21. The zero-order valence-electron chi connectivity index (χ0n) is 13.5. The first kappa shape index (κ1) is 15.2. The summed E-state index contributed by atoms with van der Waals surface area (Å²) in [5.74, 6) is 0.160. The smallest absolute Gasteiger partial charge is 0.163 e. The zero-order chi connectivity index (χ0) is 16.2. The van der Waals surface area contributed by atoms with E-state index in [2.05, 4.69) is 42.2 Å². The van der Waals surface area contributed by atoms with E-state index >= 15 is 0 Å². The summed E-state index contributed by atoms with van der Waals surface area (Å²) in [5, 5.41) is 7.41. The Bertz CT molecular complexity index is 819. The van der Waals surface area contributed by atoms with Crippen LogP contribution in [0.1, 0.15) is 33.6 Å². The average Bonchev–Trinajstić information content (AvgIpc) is 3.05. The van der Waals surface area contributed by atoms with Crippen LogP contribution in [-0.2, 0) is 6.42 Å². The number of nitrogens with one attached hydrogen (secondary N) is 1. The summed E-state index contributed by atoms with van der Waals surface area (Å²) in [6.07, 6.45) is 1.16. The van der Waals surface area contributed by atoms with E-state index in [4.69, 9.17) is 0 Å². The standard InChI is InChI=1S/C20H20N2O/c1-14-8-9-17(12-15(14)2)19-13-18(21-22-19)10-11-20(23)16-6-4-3-5-7-16/h3-9,12-13H,10-11H2,1-2H3,(H,21,22). The number of rotatable bonds is 5. The molecule has 0 aliphatic heterocycles. The molecule has 3 rings (SSSR count). The number of aryl methyl sites for hydroxylation is 3. The fraction of sp³-hybridized carbons (Fsp3) is 0.200. The third-order valence-corrected chi connectivity index (χ3v) is 4.15. The number of ketones is 1. The van der Waals surface area contributed by atoms with E-state index in [1.807, 2.05) is 36.4 Å². The second-order valence-corrected chi connectivity index (χ2v) is 5.87. The van der Waals surface area contributed by atoms with Gasteiger partial charge in [-0.15, -0.1) is 0 Å². The van der Waals surface area contributed by atoms with Crippen molar-refractivity contribution in [1.29, 1.82) is 0 Å². The lowest BCUT2D eigenvalue weighted by molar-refractivity contribution is 0.0982. The van der Waals surface area contributed by atoms with Crippen molar-refractivity contribution in [3.8, 4) is 11.3 Å². The Morgan fingerprint density at radius 1 is 1.00 bits per heavy atom. The van der Waals surface area contributed by atoms with E-state index in [9.17, 15) is 4.79 Å². The highest BCUT2D eigenvalue weighted by molar-refractivity contribution is 5.96. The van der Waals surface area contributed by atoms with Crippen molar-refractivity contribution in [2.24, 2.45) is 0 Å². The third-order valence-electron chi connectivity index (χ3n) is 4.15. The van der Waals surface area contributed by atoms with E-state index in [0.29, 0.717) is 12.8 Å². The van der Waals surface area contributed by atoms with Crippen molar-refractivity contribution in [3.05, 3.63) is 77.0 Å². The molecule has 1 N–H and O–H groups in total. The molecule has 3 aromatic rings. The molecule has 0 fully saturated rings. The maximum Gasteiger partial charge on any atom is 0.163 e. The Morgan fingerprint density at radius 2 is 1.78 bits per heavy atom. The van der Waals surface area contributed by atoms with Crippen molar-refractivity contribution in [3.63, 3.8) is 0 Å². The molecule has 0 bridgehead atoms. The minimum Gasteiger partial charge on any atom is -0.294 e. The number of aromatic amines is 1. The van der Waals surface area contributed by atoms with Gasteiger partial charge in [-0.05, 0) is 43.5 Å². The van der Waals surface area contributed by atoms with Gasteiger partial charge >= 0.3 is 0 Å². The van der Waals surface area contributed by atoms with Crippen LogP contribution in [0, 0.1) is 13.8 Å². The molecule has 1 heterocycles. The van der Waals surface area contributed by atoms with Gasteiger partial charge in [0, 0.05) is 23.2 Å². The monoisotopic (exact) mass is 304 g/mol. The number of hydrogen-bond acceptors (Lipinski definition) is 2. The lowest BCUT2D eigenvalue weighted by Gasteiger charge is -2.02. The Morgan fingerprint density at radius 3 is 2.52 bits per heavy atom. The number of hydrogen-bond donors (Lipinski definition) is 1. The van der Waals surface area contributed by atoms with Gasteiger partial charge in [-0.25, -0.2) is 0 Å². The van der Waals surface area contributed by atoms with Gasteiger partial charge in [0.25, 0.3) is 0 Å². The number of carbonyl (C=O) groups excluding carboxylic acids is 1. The van der Waals surface area contributed by atoms with Crippen LogP contribution in [0.3, 0.4) is 0 Å². The summed E-state index contributed by atoms with van der Waals surface area (Å²) in [6.45, 7) is 4.20. The van der Waals surface area contributed by atoms with Crippen LogP contribution in [0.25, 0.3) is 11.3 Å². The van der Waals surface area contributed by atoms with Crippen LogP contribution in [-0.4, -0.2) is 16.0 Å². The fourth-order valence-corrected chi connectivity index (χ4v) is 2.55. The topological polar surface area (TPSA) is 45.8 Å². The van der Waals surface area contributed by atoms with Crippen LogP contribution in [0.4, 0.5) is 0 Å². The van der Waals surface area contributed by atoms with Crippen molar-refractivity contribution in [2.75, 3.05) is 0 Å². The van der Waals surface area contributed by atoms with Gasteiger partial charge in [0.15, 0.2) is 5.78 Å². The molecule has 116 valence electrons. The van der Waals surface area contributed by atoms with Gasteiger partial charge in [0.2, 0.25) is 0 Å². The highest BCUT2D eigenvalue weighted by Gasteiger charge is 2.09. The van der Waals surface area contributed by atoms with E-state index in [1.165, 1.54) is 11.1 Å². The van der Waals surface area contributed by atoms with Gasteiger partial charge < -0.3 is 0 Å². The number of benzene rings is 2. The summed E-state index contributed by atoms with van der Waals surface area (Å²) in [4.78, 5) is 12.1.